The van der Waals surface area contributed by atoms with E-state index in [4.69, 9.17) is 9.47 Å². The van der Waals surface area contributed by atoms with Gasteiger partial charge in [-0.15, -0.1) is 0 Å². The number of imidazole rings is 1. The molecule has 2 aromatic heterocycles. The van der Waals surface area contributed by atoms with Gasteiger partial charge in [-0.1, -0.05) is 19.4 Å². The van der Waals surface area contributed by atoms with Gasteiger partial charge < -0.3 is 20.1 Å². The Hall–Kier alpha value is -3.55. The molecule has 152 valence electrons. The van der Waals surface area contributed by atoms with E-state index in [1.807, 2.05) is 0 Å². The van der Waals surface area contributed by atoms with E-state index < -0.39 is 5.91 Å². The van der Waals surface area contributed by atoms with Crippen molar-refractivity contribution in [3.8, 4) is 11.5 Å². The molecule has 0 aliphatic heterocycles. The van der Waals surface area contributed by atoms with Crippen LogP contribution in [0.5, 0.6) is 11.5 Å². The van der Waals surface area contributed by atoms with E-state index in [0.717, 1.165) is 12.8 Å². The van der Waals surface area contributed by atoms with Crippen LogP contribution in [0.1, 0.15) is 40.9 Å². The second-order valence-corrected chi connectivity index (χ2v) is 6.37. The smallest absolute Gasteiger partial charge is 0.292 e. The molecule has 1 aromatic carbocycles. The van der Waals surface area contributed by atoms with Crippen LogP contribution in [-0.4, -0.2) is 42.0 Å². The van der Waals surface area contributed by atoms with E-state index in [2.05, 4.69) is 22.5 Å². The van der Waals surface area contributed by atoms with Crippen LogP contribution in [0.4, 0.5) is 5.69 Å². The summed E-state index contributed by atoms with van der Waals surface area (Å²) >= 11 is 0. The number of nitrogens with zero attached hydrogens (tertiary/aromatic N) is 2. The molecule has 0 saturated carbocycles. The summed E-state index contributed by atoms with van der Waals surface area (Å²) in [5, 5.41) is 5.64. The van der Waals surface area contributed by atoms with Crippen molar-refractivity contribution in [2.75, 3.05) is 26.1 Å². The van der Waals surface area contributed by atoms with Gasteiger partial charge in [-0.25, -0.2) is 4.98 Å². The second kappa shape index (κ2) is 9.09. The van der Waals surface area contributed by atoms with Crippen LogP contribution in [0.2, 0.25) is 0 Å². The number of aromatic nitrogens is 2. The van der Waals surface area contributed by atoms with Crippen molar-refractivity contribution in [3.63, 3.8) is 0 Å². The van der Waals surface area contributed by atoms with Crippen LogP contribution >= 0.6 is 0 Å². The first-order chi connectivity index (χ1) is 14.1. The molecule has 3 aromatic rings. The maximum Gasteiger partial charge on any atom is 0.292 e. The molecule has 2 amide bonds. The first-order valence-electron chi connectivity index (χ1n) is 9.37. The molecular formula is C21H24N4O4. The largest absolute Gasteiger partial charge is 0.493 e. The number of ether oxygens (including phenoxy) is 2. The number of hydrogen-bond acceptors (Lipinski definition) is 5. The second-order valence-electron chi connectivity index (χ2n) is 6.37. The fourth-order valence-corrected chi connectivity index (χ4v) is 2.93. The number of carbonyl (C=O) groups excluding carboxylic acids is 2. The van der Waals surface area contributed by atoms with E-state index in [1.165, 1.54) is 7.11 Å². The molecule has 0 fully saturated rings. The molecule has 8 heteroatoms. The van der Waals surface area contributed by atoms with Crippen molar-refractivity contribution >= 4 is 23.0 Å². The lowest BCUT2D eigenvalue weighted by molar-refractivity contribution is 0.0950. The minimum absolute atomic E-state index is 0.121. The summed E-state index contributed by atoms with van der Waals surface area (Å²) < 4.78 is 12.1. The standard InChI is InChI=1S/C21H24N4O4/c1-4-5-11-22-20(26)18-15-8-6-7-12-25(15)19(24-18)21(27)23-14-9-10-16(28-2)17(13-14)29-3/h6-10,12-13H,4-5,11H2,1-3H3,(H,22,26)(H,23,27). The number of carbonyl (C=O) groups is 2. The van der Waals surface area contributed by atoms with Gasteiger partial charge in [0.2, 0.25) is 5.82 Å². The zero-order valence-corrected chi connectivity index (χ0v) is 16.7. The van der Waals surface area contributed by atoms with E-state index in [1.54, 1.807) is 54.1 Å². The lowest BCUT2D eigenvalue weighted by atomic mass is 10.2. The van der Waals surface area contributed by atoms with Crippen molar-refractivity contribution < 1.29 is 19.1 Å². The third-order valence-electron chi connectivity index (χ3n) is 4.42. The molecule has 29 heavy (non-hydrogen) atoms. The molecule has 0 spiro atoms. The van der Waals surface area contributed by atoms with Gasteiger partial charge in [0.1, 0.15) is 0 Å². The summed E-state index contributed by atoms with van der Waals surface area (Å²) in [7, 11) is 3.06. The Morgan fingerprint density at radius 2 is 1.86 bits per heavy atom. The van der Waals surface area contributed by atoms with E-state index >= 15 is 0 Å². The van der Waals surface area contributed by atoms with Gasteiger partial charge >= 0.3 is 0 Å². The van der Waals surface area contributed by atoms with Crippen molar-refractivity contribution in [1.82, 2.24) is 14.7 Å². The molecule has 3 rings (SSSR count). The van der Waals surface area contributed by atoms with Gasteiger partial charge in [0, 0.05) is 24.5 Å². The number of methoxy groups -OCH3 is 2. The minimum Gasteiger partial charge on any atom is -0.493 e. The van der Waals surface area contributed by atoms with Crippen molar-refractivity contribution in [1.29, 1.82) is 0 Å². The number of fused-ring (bicyclic) bond motifs is 1. The van der Waals surface area contributed by atoms with E-state index in [-0.39, 0.29) is 17.4 Å². The molecule has 2 N–H and O–H groups in total. The SMILES string of the molecule is CCCCNC(=O)c1nc(C(=O)Nc2ccc(OC)c(OC)c2)n2ccccc12. The summed E-state index contributed by atoms with van der Waals surface area (Å²) in [6.07, 6.45) is 3.56. The van der Waals surface area contributed by atoms with Crippen LogP contribution in [0.15, 0.2) is 42.6 Å². The lowest BCUT2D eigenvalue weighted by Gasteiger charge is -2.10. The molecule has 2 heterocycles. The Kier molecular flexibility index (Phi) is 6.33. The summed E-state index contributed by atoms with van der Waals surface area (Å²) in [5.74, 6) is 0.437. The summed E-state index contributed by atoms with van der Waals surface area (Å²) in [6.45, 7) is 2.61. The molecule has 8 nitrogen and oxygen atoms in total. The number of anilines is 1. The Balaban J connectivity index is 1.89. The quantitative estimate of drug-likeness (QED) is 0.571. The normalized spacial score (nSPS) is 10.6. The number of unbranched alkanes of at least 4 members (excludes halogenated alkanes) is 1. The Morgan fingerprint density at radius 1 is 1.07 bits per heavy atom. The number of hydrogen-bond donors (Lipinski definition) is 2. The predicted molar refractivity (Wildman–Crippen MR) is 110 cm³/mol. The fourth-order valence-electron chi connectivity index (χ4n) is 2.93. The van der Waals surface area contributed by atoms with Gasteiger partial charge in [-0.05, 0) is 30.7 Å². The zero-order valence-electron chi connectivity index (χ0n) is 16.7. The monoisotopic (exact) mass is 396 g/mol. The lowest BCUT2D eigenvalue weighted by Crippen LogP contribution is -2.25. The van der Waals surface area contributed by atoms with E-state index in [9.17, 15) is 9.59 Å². The molecular weight excluding hydrogens is 372 g/mol. The summed E-state index contributed by atoms with van der Waals surface area (Å²) in [5.41, 5.74) is 1.31. The van der Waals surface area contributed by atoms with Crippen LogP contribution in [-0.2, 0) is 0 Å². The molecule has 0 aliphatic carbocycles. The highest BCUT2D eigenvalue weighted by Crippen LogP contribution is 2.30. The van der Waals surface area contributed by atoms with Gasteiger partial charge in [-0.3, -0.25) is 14.0 Å². The van der Waals surface area contributed by atoms with Crippen molar-refractivity contribution in [2.45, 2.75) is 19.8 Å². The number of nitrogens with one attached hydrogen (secondary N) is 2. The average Bonchev–Trinajstić information content (AvgIpc) is 3.13. The van der Waals surface area contributed by atoms with Crippen LogP contribution in [0.3, 0.4) is 0 Å². The maximum absolute atomic E-state index is 12.9. The minimum atomic E-state index is -0.439. The molecule has 0 radical (unpaired) electrons. The van der Waals surface area contributed by atoms with Gasteiger partial charge in [0.25, 0.3) is 11.8 Å². The first-order valence-corrected chi connectivity index (χ1v) is 9.37. The van der Waals surface area contributed by atoms with Gasteiger partial charge in [0.05, 0.1) is 19.7 Å². The predicted octanol–water partition coefficient (Wildman–Crippen LogP) is 3.13. The Bertz CT molecular complexity index is 1030. The highest BCUT2D eigenvalue weighted by atomic mass is 16.5. The van der Waals surface area contributed by atoms with Crippen LogP contribution < -0.4 is 20.1 Å². The molecule has 0 unspecified atom stereocenters. The number of benzene rings is 1. The van der Waals surface area contributed by atoms with Gasteiger partial charge in [-0.2, -0.15) is 0 Å². The summed E-state index contributed by atoms with van der Waals surface area (Å²) in [4.78, 5) is 29.7. The number of amides is 2. The van der Waals surface area contributed by atoms with Crippen molar-refractivity contribution in [2.24, 2.45) is 0 Å². The summed E-state index contributed by atoms with van der Waals surface area (Å²) in [6, 6.07) is 10.4. The first kappa shape index (κ1) is 20.2. The molecule has 0 saturated heterocycles. The fraction of sp³-hybridized carbons (Fsp3) is 0.286. The maximum atomic E-state index is 12.9. The highest BCUT2D eigenvalue weighted by molar-refractivity contribution is 6.06. The van der Waals surface area contributed by atoms with Crippen LogP contribution in [0.25, 0.3) is 5.52 Å². The third kappa shape index (κ3) is 4.31. The zero-order chi connectivity index (χ0) is 20.8. The van der Waals surface area contributed by atoms with Gasteiger partial charge in [0.15, 0.2) is 17.2 Å². The van der Waals surface area contributed by atoms with Crippen molar-refractivity contribution in [3.05, 3.63) is 54.1 Å². The third-order valence-corrected chi connectivity index (χ3v) is 4.42. The number of pyridine rings is 1. The molecule has 0 atom stereocenters. The molecule has 0 aliphatic rings. The Labute approximate surface area is 168 Å². The topological polar surface area (TPSA) is 94.0 Å². The Morgan fingerprint density at radius 3 is 2.59 bits per heavy atom. The van der Waals surface area contributed by atoms with E-state index in [0.29, 0.717) is 29.2 Å². The number of rotatable bonds is 8. The molecule has 0 bridgehead atoms. The average molecular weight is 396 g/mol. The van der Waals surface area contributed by atoms with Crippen LogP contribution in [0, 0.1) is 0 Å². The highest BCUT2D eigenvalue weighted by Gasteiger charge is 2.21.